The van der Waals surface area contributed by atoms with E-state index in [-0.39, 0.29) is 22.8 Å². The van der Waals surface area contributed by atoms with Crippen LogP contribution in [0.4, 0.5) is 15.9 Å². The van der Waals surface area contributed by atoms with Gasteiger partial charge in [-0.25, -0.2) is 9.37 Å². The van der Waals surface area contributed by atoms with E-state index in [1.165, 1.54) is 17.2 Å². The van der Waals surface area contributed by atoms with Crippen LogP contribution in [0, 0.1) is 11.7 Å². The van der Waals surface area contributed by atoms with Gasteiger partial charge in [-0.1, -0.05) is 49.4 Å². The van der Waals surface area contributed by atoms with E-state index < -0.39 is 0 Å². The highest BCUT2D eigenvalue weighted by molar-refractivity contribution is 7.19. The van der Waals surface area contributed by atoms with Gasteiger partial charge in [-0.2, -0.15) is 0 Å². The zero-order chi connectivity index (χ0) is 22.3. The van der Waals surface area contributed by atoms with Crippen LogP contribution in [0.25, 0.3) is 11.1 Å². The summed E-state index contributed by atoms with van der Waals surface area (Å²) in [4.78, 5) is 20.2. The number of anilines is 2. The molecule has 0 saturated carbocycles. The van der Waals surface area contributed by atoms with Crippen molar-refractivity contribution in [3.63, 3.8) is 0 Å². The Morgan fingerprint density at radius 2 is 1.78 bits per heavy atom. The molecule has 2 aromatic carbocycles. The Balaban J connectivity index is 1.52. The summed E-state index contributed by atoms with van der Waals surface area (Å²) in [6, 6.07) is 16.7. The van der Waals surface area contributed by atoms with Gasteiger partial charge in [0.05, 0.1) is 5.69 Å². The molecule has 2 aliphatic rings. The number of fused-ring (bicyclic) bond motifs is 1. The Hall–Kier alpha value is -2.78. The maximum atomic E-state index is 14.8. The molecule has 1 fully saturated rings. The molecule has 164 valence electrons. The zero-order valence-electron chi connectivity index (χ0n) is 18.1. The second-order valence-electron chi connectivity index (χ2n) is 9.23. The molecule has 1 aromatic heterocycles. The molecule has 2 unspecified atom stereocenters. The summed E-state index contributed by atoms with van der Waals surface area (Å²) in [6.07, 6.45) is 4.16. The molecule has 6 heteroatoms. The first-order valence-electron chi connectivity index (χ1n) is 11.1. The summed E-state index contributed by atoms with van der Waals surface area (Å²) in [5.74, 6) is 0.215. The zero-order valence-corrected chi connectivity index (χ0v) is 19.3. The number of nitrogens with one attached hydrogen (secondary N) is 1. The van der Waals surface area contributed by atoms with Gasteiger partial charge in [0, 0.05) is 41.5 Å². The molecule has 1 aliphatic carbocycles. The largest absolute Gasteiger partial charge is 0.354 e. The molecule has 0 spiro atoms. The topological polar surface area (TPSA) is 45.2 Å². The van der Waals surface area contributed by atoms with Crippen molar-refractivity contribution in [2.75, 3.05) is 23.3 Å². The van der Waals surface area contributed by atoms with Gasteiger partial charge < -0.3 is 10.2 Å². The number of carbonyl (C=O) groups excluding carboxylic acids is 1. The SMILES string of the molecule is CC1(P)CCN(c2nccc(-c3ccccc3F)c2NC(=O)C2Cc3ccccc3C2)C1. The molecule has 2 atom stereocenters. The third kappa shape index (κ3) is 4.02. The molecule has 5 rings (SSSR count). The Bertz CT molecular complexity index is 1150. The highest BCUT2D eigenvalue weighted by atomic mass is 31.0. The minimum atomic E-state index is -0.314. The third-order valence-electron chi connectivity index (χ3n) is 6.57. The molecule has 3 aromatic rings. The lowest BCUT2D eigenvalue weighted by atomic mass is 10.0. The molecular weight excluding hydrogens is 420 g/mol. The number of nitrogens with zero attached hydrogens (tertiary/aromatic N) is 2. The maximum Gasteiger partial charge on any atom is 0.228 e. The van der Waals surface area contributed by atoms with Gasteiger partial charge in [-0.05, 0) is 42.5 Å². The van der Waals surface area contributed by atoms with E-state index in [2.05, 4.69) is 43.5 Å². The number of pyridine rings is 1. The summed E-state index contributed by atoms with van der Waals surface area (Å²) < 4.78 is 14.8. The van der Waals surface area contributed by atoms with Crippen molar-refractivity contribution in [3.05, 3.63) is 77.7 Å². The number of hydrogen-bond acceptors (Lipinski definition) is 3. The van der Waals surface area contributed by atoms with Crippen molar-refractivity contribution in [1.82, 2.24) is 4.98 Å². The van der Waals surface area contributed by atoms with Crippen LogP contribution >= 0.6 is 9.24 Å². The van der Waals surface area contributed by atoms with E-state index in [4.69, 9.17) is 0 Å². The second-order valence-corrected chi connectivity index (χ2v) is 10.6. The Morgan fingerprint density at radius 3 is 2.44 bits per heavy atom. The third-order valence-corrected chi connectivity index (χ3v) is 7.04. The highest BCUT2D eigenvalue weighted by Crippen LogP contribution is 2.40. The van der Waals surface area contributed by atoms with E-state index in [0.717, 1.165) is 32.4 Å². The minimum absolute atomic E-state index is 0.0409. The molecule has 1 saturated heterocycles. The molecule has 0 bridgehead atoms. The smallest absolute Gasteiger partial charge is 0.228 e. The predicted octanol–water partition coefficient (Wildman–Crippen LogP) is 5.09. The quantitative estimate of drug-likeness (QED) is 0.567. The number of rotatable bonds is 4. The molecule has 1 N–H and O–H groups in total. The van der Waals surface area contributed by atoms with Crippen LogP contribution in [0.1, 0.15) is 24.5 Å². The molecule has 32 heavy (non-hydrogen) atoms. The number of amides is 1. The first-order chi connectivity index (χ1) is 15.4. The minimum Gasteiger partial charge on any atom is -0.354 e. The van der Waals surface area contributed by atoms with Crippen LogP contribution in [0.3, 0.4) is 0 Å². The van der Waals surface area contributed by atoms with E-state index in [1.54, 1.807) is 24.4 Å². The molecule has 0 radical (unpaired) electrons. The predicted molar refractivity (Wildman–Crippen MR) is 131 cm³/mol. The Labute approximate surface area is 190 Å². The fraction of sp³-hybridized carbons (Fsp3) is 0.308. The first-order valence-corrected chi connectivity index (χ1v) is 11.6. The van der Waals surface area contributed by atoms with Crippen molar-refractivity contribution in [2.24, 2.45) is 5.92 Å². The lowest BCUT2D eigenvalue weighted by Crippen LogP contribution is -2.29. The van der Waals surface area contributed by atoms with Gasteiger partial charge in [0.1, 0.15) is 5.82 Å². The van der Waals surface area contributed by atoms with Crippen LogP contribution < -0.4 is 10.2 Å². The van der Waals surface area contributed by atoms with Gasteiger partial charge in [-0.3, -0.25) is 4.79 Å². The number of hydrogen-bond donors (Lipinski definition) is 1. The average Bonchev–Trinajstić information content (AvgIpc) is 3.37. The van der Waals surface area contributed by atoms with Crippen LogP contribution in [0.15, 0.2) is 60.8 Å². The number of halogens is 1. The summed E-state index contributed by atoms with van der Waals surface area (Å²) in [5.41, 5.74) is 4.18. The van der Waals surface area contributed by atoms with Crippen LogP contribution in [-0.2, 0) is 17.6 Å². The second kappa shape index (κ2) is 8.29. The molecule has 1 amide bonds. The molecular formula is C26H27FN3OP. The average molecular weight is 447 g/mol. The summed E-state index contributed by atoms with van der Waals surface area (Å²) in [7, 11) is 2.93. The van der Waals surface area contributed by atoms with Gasteiger partial charge in [-0.15, -0.1) is 9.24 Å². The van der Waals surface area contributed by atoms with Crippen molar-refractivity contribution in [1.29, 1.82) is 0 Å². The molecule has 2 heterocycles. The van der Waals surface area contributed by atoms with E-state index >= 15 is 0 Å². The van der Waals surface area contributed by atoms with E-state index in [0.29, 0.717) is 22.6 Å². The Kier molecular flexibility index (Phi) is 5.46. The summed E-state index contributed by atoms with van der Waals surface area (Å²) in [5, 5.41) is 3.26. The van der Waals surface area contributed by atoms with Crippen LogP contribution in [0.2, 0.25) is 0 Å². The summed E-state index contributed by atoms with van der Waals surface area (Å²) >= 11 is 0. The molecule has 1 aliphatic heterocycles. The lowest BCUT2D eigenvalue weighted by molar-refractivity contribution is -0.119. The van der Waals surface area contributed by atoms with Gasteiger partial charge >= 0.3 is 0 Å². The number of aromatic nitrogens is 1. The fourth-order valence-corrected chi connectivity index (χ4v) is 5.20. The normalized spacial score (nSPS) is 20.4. The van der Waals surface area contributed by atoms with Gasteiger partial charge in [0.25, 0.3) is 0 Å². The standard InChI is InChI=1S/C26H27FN3OP/c1-26(32)11-13-30(16-26)24-23(21(10-12-28-24)20-8-4-5-9-22(20)27)29-25(31)19-14-17-6-2-3-7-18(17)15-19/h2-10,12,19H,11,13-16,32H2,1H3,(H,29,31). The van der Waals surface area contributed by atoms with Crippen LogP contribution in [-0.4, -0.2) is 29.1 Å². The van der Waals surface area contributed by atoms with Crippen molar-refractivity contribution in [3.8, 4) is 11.1 Å². The lowest BCUT2D eigenvalue weighted by Gasteiger charge is -2.25. The van der Waals surface area contributed by atoms with E-state index in [9.17, 15) is 9.18 Å². The van der Waals surface area contributed by atoms with Crippen LogP contribution in [0.5, 0.6) is 0 Å². The van der Waals surface area contributed by atoms with Crippen molar-refractivity contribution >= 4 is 26.7 Å². The fourth-order valence-electron chi connectivity index (χ4n) is 4.85. The Morgan fingerprint density at radius 1 is 1.09 bits per heavy atom. The highest BCUT2D eigenvalue weighted by Gasteiger charge is 2.34. The first kappa shape index (κ1) is 21.1. The van der Waals surface area contributed by atoms with Crippen molar-refractivity contribution < 1.29 is 9.18 Å². The number of benzene rings is 2. The van der Waals surface area contributed by atoms with Gasteiger partial charge in [0.2, 0.25) is 5.91 Å². The van der Waals surface area contributed by atoms with Gasteiger partial charge in [0.15, 0.2) is 5.82 Å². The van der Waals surface area contributed by atoms with Crippen molar-refractivity contribution in [2.45, 2.75) is 31.3 Å². The van der Waals surface area contributed by atoms with E-state index in [1.807, 2.05) is 18.2 Å². The molecule has 4 nitrogen and oxygen atoms in total. The monoisotopic (exact) mass is 447 g/mol. The summed E-state index contributed by atoms with van der Waals surface area (Å²) in [6.45, 7) is 3.85. The number of carbonyl (C=O) groups is 1. The maximum absolute atomic E-state index is 14.8.